The summed E-state index contributed by atoms with van der Waals surface area (Å²) in [6.07, 6.45) is 0.764. The molecule has 7 heteroatoms. The average molecular weight is 308 g/mol. The maximum atomic E-state index is 12.1. The van der Waals surface area contributed by atoms with Crippen molar-refractivity contribution in [3.05, 3.63) is 28.8 Å². The summed E-state index contributed by atoms with van der Waals surface area (Å²) < 4.78 is 0. The zero-order valence-electron chi connectivity index (χ0n) is 11.2. The summed E-state index contributed by atoms with van der Waals surface area (Å²) in [4.78, 5) is 24.3. The standard InChI is InChI=1S/C14H14ClN3O3/c15-12-6-11(2-1-10(12)7-16)17-14(21)18-4-3-9(8-18)5-13(19)20/h1-2,6,9H,3-5,8H2,(H,17,21)(H,19,20). The molecule has 0 saturated carbocycles. The number of carbonyl (C=O) groups excluding carboxylic acids is 1. The number of hydrogen-bond acceptors (Lipinski definition) is 3. The number of nitriles is 1. The molecule has 0 aromatic heterocycles. The molecule has 21 heavy (non-hydrogen) atoms. The van der Waals surface area contributed by atoms with Crippen LogP contribution in [0.4, 0.5) is 10.5 Å². The first kappa shape index (κ1) is 15.1. The summed E-state index contributed by atoms with van der Waals surface area (Å²) in [5.74, 6) is -0.848. The van der Waals surface area contributed by atoms with Crippen molar-refractivity contribution in [3.63, 3.8) is 0 Å². The smallest absolute Gasteiger partial charge is 0.321 e. The molecule has 1 heterocycles. The third-order valence-corrected chi connectivity index (χ3v) is 3.69. The minimum atomic E-state index is -0.846. The lowest BCUT2D eigenvalue weighted by molar-refractivity contribution is -0.138. The van der Waals surface area contributed by atoms with Crippen molar-refractivity contribution in [1.82, 2.24) is 4.90 Å². The van der Waals surface area contributed by atoms with Gasteiger partial charge in [0, 0.05) is 25.2 Å². The van der Waals surface area contributed by atoms with Gasteiger partial charge in [-0.3, -0.25) is 4.79 Å². The van der Waals surface area contributed by atoms with E-state index in [-0.39, 0.29) is 23.4 Å². The van der Waals surface area contributed by atoms with Crippen LogP contribution in [-0.4, -0.2) is 35.1 Å². The van der Waals surface area contributed by atoms with Gasteiger partial charge in [0.25, 0.3) is 0 Å². The zero-order valence-corrected chi connectivity index (χ0v) is 11.9. The van der Waals surface area contributed by atoms with Crippen LogP contribution in [0.1, 0.15) is 18.4 Å². The summed E-state index contributed by atoms with van der Waals surface area (Å²) >= 11 is 5.90. The molecule has 2 rings (SSSR count). The van der Waals surface area contributed by atoms with Gasteiger partial charge < -0.3 is 15.3 Å². The van der Waals surface area contributed by atoms with Crippen LogP contribution in [0.15, 0.2) is 18.2 Å². The molecule has 1 aromatic carbocycles. The molecule has 0 bridgehead atoms. The Kier molecular flexibility index (Phi) is 4.66. The highest BCUT2D eigenvalue weighted by molar-refractivity contribution is 6.32. The first-order valence-electron chi connectivity index (χ1n) is 6.47. The number of likely N-dealkylation sites (tertiary alicyclic amines) is 1. The van der Waals surface area contributed by atoms with Gasteiger partial charge in [-0.1, -0.05) is 11.6 Å². The normalized spacial score (nSPS) is 17.3. The molecule has 2 N–H and O–H groups in total. The number of urea groups is 1. The monoisotopic (exact) mass is 307 g/mol. The second kappa shape index (κ2) is 6.46. The van der Waals surface area contributed by atoms with Crippen molar-refractivity contribution in [3.8, 4) is 6.07 Å². The number of anilines is 1. The Morgan fingerprint density at radius 1 is 1.52 bits per heavy atom. The lowest BCUT2D eigenvalue weighted by Crippen LogP contribution is -2.33. The largest absolute Gasteiger partial charge is 0.481 e. The topological polar surface area (TPSA) is 93.4 Å². The highest BCUT2D eigenvalue weighted by Crippen LogP contribution is 2.23. The molecule has 1 fully saturated rings. The summed E-state index contributed by atoms with van der Waals surface area (Å²) in [6.45, 7) is 0.968. The van der Waals surface area contributed by atoms with Crippen LogP contribution in [-0.2, 0) is 4.79 Å². The van der Waals surface area contributed by atoms with Gasteiger partial charge in [0.15, 0.2) is 0 Å². The molecule has 6 nitrogen and oxygen atoms in total. The van der Waals surface area contributed by atoms with Gasteiger partial charge in [-0.25, -0.2) is 4.79 Å². The SMILES string of the molecule is N#Cc1ccc(NC(=O)N2CCC(CC(=O)O)C2)cc1Cl. The van der Waals surface area contributed by atoms with Gasteiger partial charge in [0.1, 0.15) is 6.07 Å². The maximum absolute atomic E-state index is 12.1. The van der Waals surface area contributed by atoms with Crippen LogP contribution < -0.4 is 5.32 Å². The predicted molar refractivity (Wildman–Crippen MR) is 77.1 cm³/mol. The third-order valence-electron chi connectivity index (χ3n) is 3.38. The van der Waals surface area contributed by atoms with Crippen LogP contribution >= 0.6 is 11.6 Å². The Morgan fingerprint density at radius 3 is 2.90 bits per heavy atom. The quantitative estimate of drug-likeness (QED) is 0.897. The minimum absolute atomic E-state index is 0.00203. The number of benzene rings is 1. The molecule has 1 aliphatic heterocycles. The fourth-order valence-corrected chi connectivity index (χ4v) is 2.54. The van der Waals surface area contributed by atoms with E-state index in [0.717, 1.165) is 0 Å². The molecule has 110 valence electrons. The highest BCUT2D eigenvalue weighted by atomic mass is 35.5. The van der Waals surface area contributed by atoms with Crippen molar-refractivity contribution in [1.29, 1.82) is 5.26 Å². The van der Waals surface area contributed by atoms with Crippen molar-refractivity contribution >= 4 is 29.3 Å². The number of amides is 2. The number of carboxylic acids is 1. The number of nitrogens with one attached hydrogen (secondary N) is 1. The van der Waals surface area contributed by atoms with E-state index >= 15 is 0 Å². The lowest BCUT2D eigenvalue weighted by atomic mass is 10.1. The highest BCUT2D eigenvalue weighted by Gasteiger charge is 2.27. The van der Waals surface area contributed by atoms with E-state index in [1.807, 2.05) is 6.07 Å². The number of carbonyl (C=O) groups is 2. The van der Waals surface area contributed by atoms with E-state index in [1.54, 1.807) is 11.0 Å². The molecular weight excluding hydrogens is 294 g/mol. The fourth-order valence-electron chi connectivity index (χ4n) is 2.32. The van der Waals surface area contributed by atoms with Crippen LogP contribution in [0, 0.1) is 17.2 Å². The average Bonchev–Trinajstić information content (AvgIpc) is 2.86. The molecule has 0 spiro atoms. The number of halogens is 1. The number of hydrogen-bond donors (Lipinski definition) is 2. The van der Waals surface area contributed by atoms with E-state index in [2.05, 4.69) is 5.32 Å². The van der Waals surface area contributed by atoms with Gasteiger partial charge in [-0.15, -0.1) is 0 Å². The van der Waals surface area contributed by atoms with Gasteiger partial charge >= 0.3 is 12.0 Å². The lowest BCUT2D eigenvalue weighted by Gasteiger charge is -2.17. The van der Waals surface area contributed by atoms with E-state index < -0.39 is 5.97 Å². The minimum Gasteiger partial charge on any atom is -0.481 e. The van der Waals surface area contributed by atoms with Crippen LogP contribution in [0.5, 0.6) is 0 Å². The third kappa shape index (κ3) is 3.86. The molecule has 1 atom stereocenters. The Labute approximate surface area is 126 Å². The van der Waals surface area contributed by atoms with E-state index in [9.17, 15) is 9.59 Å². The zero-order chi connectivity index (χ0) is 15.4. The van der Waals surface area contributed by atoms with E-state index in [4.69, 9.17) is 22.0 Å². The fraction of sp³-hybridized carbons (Fsp3) is 0.357. The molecule has 1 unspecified atom stereocenters. The van der Waals surface area contributed by atoms with Crippen molar-refractivity contribution in [2.45, 2.75) is 12.8 Å². The predicted octanol–water partition coefficient (Wildman–Crippen LogP) is 2.54. The number of aliphatic carboxylic acids is 1. The molecular formula is C14H14ClN3O3. The van der Waals surface area contributed by atoms with Crippen molar-refractivity contribution < 1.29 is 14.7 Å². The van der Waals surface area contributed by atoms with Gasteiger partial charge in [-0.05, 0) is 30.5 Å². The van der Waals surface area contributed by atoms with Crippen molar-refractivity contribution in [2.24, 2.45) is 5.92 Å². The summed E-state index contributed by atoms with van der Waals surface area (Å²) in [6, 6.07) is 6.31. The van der Waals surface area contributed by atoms with Gasteiger partial charge in [0.2, 0.25) is 0 Å². The Morgan fingerprint density at radius 2 is 2.29 bits per heavy atom. The molecule has 1 aliphatic rings. The van der Waals surface area contributed by atoms with E-state index in [1.165, 1.54) is 12.1 Å². The second-order valence-electron chi connectivity index (χ2n) is 4.94. The number of carboxylic acid groups (broad SMARTS) is 1. The Bertz CT molecular complexity index is 612. The van der Waals surface area contributed by atoms with Crippen LogP contribution in [0.2, 0.25) is 5.02 Å². The summed E-state index contributed by atoms with van der Waals surface area (Å²) in [5.41, 5.74) is 0.850. The summed E-state index contributed by atoms with van der Waals surface area (Å²) in [7, 11) is 0. The van der Waals surface area contributed by atoms with Gasteiger partial charge in [0.05, 0.1) is 10.6 Å². The molecule has 1 saturated heterocycles. The number of nitrogens with zero attached hydrogens (tertiary/aromatic N) is 2. The first-order valence-corrected chi connectivity index (χ1v) is 6.84. The van der Waals surface area contributed by atoms with Gasteiger partial charge in [-0.2, -0.15) is 5.26 Å². The van der Waals surface area contributed by atoms with Crippen LogP contribution in [0.25, 0.3) is 0 Å². The number of rotatable bonds is 3. The molecule has 1 aromatic rings. The Balaban J connectivity index is 1.95. The molecule has 0 aliphatic carbocycles. The Hall–Kier alpha value is -2.26. The summed E-state index contributed by atoms with van der Waals surface area (Å²) in [5, 5.41) is 20.5. The van der Waals surface area contributed by atoms with Crippen molar-refractivity contribution in [2.75, 3.05) is 18.4 Å². The first-order chi connectivity index (χ1) is 9.99. The van der Waals surface area contributed by atoms with Crippen LogP contribution in [0.3, 0.4) is 0 Å². The maximum Gasteiger partial charge on any atom is 0.321 e. The molecule has 0 radical (unpaired) electrons. The van der Waals surface area contributed by atoms with E-state index in [0.29, 0.717) is 30.8 Å². The second-order valence-corrected chi connectivity index (χ2v) is 5.34. The molecule has 2 amide bonds.